The third-order valence-electron chi connectivity index (χ3n) is 4.31. The van der Waals surface area contributed by atoms with Crippen LogP contribution in [0.1, 0.15) is 20.3 Å². The van der Waals surface area contributed by atoms with E-state index < -0.39 is 15.9 Å². The van der Waals surface area contributed by atoms with E-state index in [1.54, 1.807) is 36.4 Å². The quantitative estimate of drug-likeness (QED) is 0.692. The molecular formula is C20H26N2O5S. The van der Waals surface area contributed by atoms with Gasteiger partial charge in [0.05, 0.1) is 24.8 Å². The molecule has 2 aromatic carbocycles. The van der Waals surface area contributed by atoms with Crippen molar-refractivity contribution in [2.24, 2.45) is 0 Å². The van der Waals surface area contributed by atoms with E-state index in [0.29, 0.717) is 17.2 Å². The number of ether oxygens (including phenoxy) is 2. The van der Waals surface area contributed by atoms with E-state index in [-0.39, 0.29) is 17.5 Å². The summed E-state index contributed by atoms with van der Waals surface area (Å²) in [6, 6.07) is 12.6. The van der Waals surface area contributed by atoms with Gasteiger partial charge in [0.25, 0.3) is 10.0 Å². The first-order chi connectivity index (χ1) is 13.3. The van der Waals surface area contributed by atoms with Gasteiger partial charge in [-0.2, -0.15) is 0 Å². The highest BCUT2D eigenvalue weighted by Crippen LogP contribution is 2.32. The van der Waals surface area contributed by atoms with E-state index in [2.05, 4.69) is 5.32 Å². The second-order valence-corrected chi connectivity index (χ2v) is 8.10. The molecule has 2 rings (SSSR count). The summed E-state index contributed by atoms with van der Waals surface area (Å²) in [7, 11) is -1.05. The molecule has 0 spiro atoms. The molecule has 0 aliphatic heterocycles. The van der Waals surface area contributed by atoms with Gasteiger partial charge in [-0.15, -0.1) is 0 Å². The van der Waals surface area contributed by atoms with E-state index in [0.717, 1.165) is 10.7 Å². The number of anilines is 1. The van der Waals surface area contributed by atoms with Crippen molar-refractivity contribution in [2.45, 2.75) is 31.2 Å². The molecule has 1 atom stereocenters. The Morgan fingerprint density at radius 2 is 1.71 bits per heavy atom. The van der Waals surface area contributed by atoms with E-state index in [9.17, 15) is 13.2 Å². The van der Waals surface area contributed by atoms with Gasteiger partial charge in [0.15, 0.2) is 0 Å². The first kappa shape index (κ1) is 21.6. The number of methoxy groups -OCH3 is 2. The summed E-state index contributed by atoms with van der Waals surface area (Å²) >= 11 is 0. The van der Waals surface area contributed by atoms with Gasteiger partial charge in [0.1, 0.15) is 18.0 Å². The zero-order chi connectivity index (χ0) is 20.7. The lowest BCUT2D eigenvalue weighted by Crippen LogP contribution is -2.43. The maximum atomic E-state index is 13.3. The van der Waals surface area contributed by atoms with Crippen LogP contribution in [0, 0.1) is 0 Å². The standard InChI is InChI=1S/C20H26N2O5S/c1-5-15(2)21-20(23)14-22(18-8-6-7-9-19(18)27-4)28(24,25)17-12-10-16(26-3)11-13-17/h6-13,15H,5,14H2,1-4H3,(H,21,23)/t15-/m0/s1. The summed E-state index contributed by atoms with van der Waals surface area (Å²) in [6.07, 6.45) is 0.742. The third kappa shape index (κ3) is 4.95. The fourth-order valence-electron chi connectivity index (χ4n) is 2.56. The predicted octanol–water partition coefficient (Wildman–Crippen LogP) is 2.81. The minimum absolute atomic E-state index is 0.0514. The number of carbonyl (C=O) groups excluding carboxylic acids is 1. The highest BCUT2D eigenvalue weighted by Gasteiger charge is 2.29. The Morgan fingerprint density at radius 3 is 2.29 bits per heavy atom. The number of sulfonamides is 1. The fraction of sp³-hybridized carbons (Fsp3) is 0.350. The second kappa shape index (κ2) is 9.45. The van der Waals surface area contributed by atoms with Crippen LogP contribution >= 0.6 is 0 Å². The summed E-state index contributed by atoms with van der Waals surface area (Å²) in [5.74, 6) is 0.505. The Kier molecular flexibility index (Phi) is 7.28. The van der Waals surface area contributed by atoms with E-state index >= 15 is 0 Å². The predicted molar refractivity (Wildman–Crippen MR) is 108 cm³/mol. The van der Waals surface area contributed by atoms with Gasteiger partial charge in [-0.1, -0.05) is 19.1 Å². The molecule has 8 heteroatoms. The Balaban J connectivity index is 2.48. The lowest BCUT2D eigenvalue weighted by atomic mass is 10.2. The summed E-state index contributed by atoms with van der Waals surface area (Å²) in [4.78, 5) is 12.5. The Hall–Kier alpha value is -2.74. The number of para-hydroxylation sites is 2. The lowest BCUT2D eigenvalue weighted by molar-refractivity contribution is -0.120. The normalized spacial score (nSPS) is 12.1. The summed E-state index contributed by atoms with van der Waals surface area (Å²) in [5, 5.41) is 2.80. The topological polar surface area (TPSA) is 84.9 Å². The van der Waals surface area contributed by atoms with Gasteiger partial charge >= 0.3 is 0 Å². The fourth-order valence-corrected chi connectivity index (χ4v) is 3.99. The number of hydrogen-bond acceptors (Lipinski definition) is 5. The Morgan fingerprint density at radius 1 is 1.07 bits per heavy atom. The number of amides is 1. The lowest BCUT2D eigenvalue weighted by Gasteiger charge is -2.26. The van der Waals surface area contributed by atoms with Crippen molar-refractivity contribution < 1.29 is 22.7 Å². The van der Waals surface area contributed by atoms with Crippen LogP contribution in [0.25, 0.3) is 0 Å². The first-order valence-electron chi connectivity index (χ1n) is 8.92. The maximum Gasteiger partial charge on any atom is 0.264 e. The SMILES string of the molecule is CC[C@H](C)NC(=O)CN(c1ccccc1OC)S(=O)(=O)c1ccc(OC)cc1. The number of nitrogens with one attached hydrogen (secondary N) is 1. The summed E-state index contributed by atoms with van der Waals surface area (Å²) in [5.41, 5.74) is 0.292. The molecule has 0 fully saturated rings. The largest absolute Gasteiger partial charge is 0.497 e. The van der Waals surface area contributed by atoms with Gasteiger partial charge in [0.2, 0.25) is 5.91 Å². The molecule has 0 aliphatic rings. The zero-order valence-corrected chi connectivity index (χ0v) is 17.3. The van der Waals surface area contributed by atoms with Crippen molar-refractivity contribution in [3.8, 4) is 11.5 Å². The van der Waals surface area contributed by atoms with Crippen LogP contribution in [0.4, 0.5) is 5.69 Å². The number of benzene rings is 2. The highest BCUT2D eigenvalue weighted by molar-refractivity contribution is 7.92. The van der Waals surface area contributed by atoms with Crippen LogP contribution in [0.5, 0.6) is 11.5 Å². The average Bonchev–Trinajstić information content (AvgIpc) is 2.71. The van der Waals surface area contributed by atoms with Gasteiger partial charge in [-0.3, -0.25) is 9.10 Å². The average molecular weight is 407 g/mol. The molecule has 152 valence electrons. The van der Waals surface area contributed by atoms with E-state index in [1.165, 1.54) is 26.4 Å². The molecule has 2 aromatic rings. The maximum absolute atomic E-state index is 13.3. The molecule has 0 saturated heterocycles. The minimum atomic E-state index is -4.01. The Labute approximate surface area is 166 Å². The minimum Gasteiger partial charge on any atom is -0.497 e. The van der Waals surface area contributed by atoms with Crippen LogP contribution < -0.4 is 19.1 Å². The van der Waals surface area contributed by atoms with Crippen LogP contribution in [-0.2, 0) is 14.8 Å². The van der Waals surface area contributed by atoms with E-state index in [1.807, 2.05) is 13.8 Å². The number of rotatable bonds is 9. The molecule has 0 bridgehead atoms. The van der Waals surface area contributed by atoms with Crippen molar-refractivity contribution in [1.29, 1.82) is 0 Å². The molecule has 0 aliphatic carbocycles. The van der Waals surface area contributed by atoms with Gasteiger partial charge in [0, 0.05) is 6.04 Å². The molecule has 0 unspecified atom stereocenters. The van der Waals surface area contributed by atoms with Crippen LogP contribution in [0.15, 0.2) is 53.4 Å². The highest BCUT2D eigenvalue weighted by atomic mass is 32.2. The molecule has 28 heavy (non-hydrogen) atoms. The molecule has 7 nitrogen and oxygen atoms in total. The number of nitrogens with zero attached hydrogens (tertiary/aromatic N) is 1. The van der Waals surface area contributed by atoms with Gasteiger partial charge in [-0.05, 0) is 49.7 Å². The number of carbonyl (C=O) groups is 1. The van der Waals surface area contributed by atoms with E-state index in [4.69, 9.17) is 9.47 Å². The van der Waals surface area contributed by atoms with Crippen LogP contribution in [0.2, 0.25) is 0 Å². The van der Waals surface area contributed by atoms with Crippen molar-refractivity contribution in [1.82, 2.24) is 5.32 Å². The molecular weight excluding hydrogens is 380 g/mol. The molecule has 1 N–H and O–H groups in total. The number of hydrogen-bond donors (Lipinski definition) is 1. The smallest absolute Gasteiger partial charge is 0.264 e. The van der Waals surface area contributed by atoms with Gasteiger partial charge < -0.3 is 14.8 Å². The second-order valence-electron chi connectivity index (χ2n) is 6.24. The van der Waals surface area contributed by atoms with Crippen molar-refractivity contribution in [3.63, 3.8) is 0 Å². The Bertz CT molecular complexity index is 897. The van der Waals surface area contributed by atoms with Gasteiger partial charge in [-0.25, -0.2) is 8.42 Å². The molecule has 0 aromatic heterocycles. The van der Waals surface area contributed by atoms with Crippen molar-refractivity contribution in [3.05, 3.63) is 48.5 Å². The molecule has 0 radical (unpaired) electrons. The molecule has 0 heterocycles. The van der Waals surface area contributed by atoms with Crippen LogP contribution in [-0.4, -0.2) is 41.1 Å². The van der Waals surface area contributed by atoms with Crippen molar-refractivity contribution >= 4 is 21.6 Å². The summed E-state index contributed by atoms with van der Waals surface area (Å²) in [6.45, 7) is 3.44. The zero-order valence-electron chi connectivity index (χ0n) is 16.5. The van der Waals surface area contributed by atoms with Crippen molar-refractivity contribution in [2.75, 3.05) is 25.1 Å². The molecule has 1 amide bonds. The van der Waals surface area contributed by atoms with Crippen LogP contribution in [0.3, 0.4) is 0 Å². The summed E-state index contributed by atoms with van der Waals surface area (Å²) < 4.78 is 38.2. The molecule has 0 saturated carbocycles. The monoisotopic (exact) mass is 406 g/mol. The third-order valence-corrected chi connectivity index (χ3v) is 6.08. The first-order valence-corrected chi connectivity index (χ1v) is 10.4.